The molecule has 0 aliphatic carbocycles. The highest BCUT2D eigenvalue weighted by atomic mass is 16.5. The summed E-state index contributed by atoms with van der Waals surface area (Å²) in [6.45, 7) is 8.24. The predicted octanol–water partition coefficient (Wildman–Crippen LogP) is 4.92. The molecule has 0 heterocycles. The lowest BCUT2D eigenvalue weighted by Gasteiger charge is -2.13. The Morgan fingerprint density at radius 3 is 2.38 bits per heavy atom. The number of carbonyl (C=O) groups is 1. The number of ether oxygens (including phenoxy) is 1. The highest BCUT2D eigenvalue weighted by molar-refractivity contribution is 5.91. The van der Waals surface area contributed by atoms with Crippen molar-refractivity contribution in [3.63, 3.8) is 0 Å². The first kappa shape index (κ1) is 15.1. The summed E-state index contributed by atoms with van der Waals surface area (Å²) in [5.41, 5.74) is 3.55. The van der Waals surface area contributed by atoms with E-state index in [1.54, 1.807) is 18.2 Å². The van der Waals surface area contributed by atoms with Crippen molar-refractivity contribution >= 4 is 5.97 Å². The third-order valence-electron chi connectivity index (χ3n) is 3.46. The molecular weight excluding hydrogens is 264 g/mol. The summed E-state index contributed by atoms with van der Waals surface area (Å²) in [5, 5.41) is 9.23. The van der Waals surface area contributed by atoms with E-state index < -0.39 is 5.97 Å². The molecule has 0 radical (unpaired) electrons. The van der Waals surface area contributed by atoms with Gasteiger partial charge in [-0.2, -0.15) is 0 Å². The van der Waals surface area contributed by atoms with E-state index in [4.69, 9.17) is 4.74 Å². The summed E-state index contributed by atoms with van der Waals surface area (Å²) in [6, 6.07) is 11.0. The number of benzene rings is 2. The average molecular weight is 284 g/mol. The highest BCUT2D eigenvalue weighted by Gasteiger charge is 2.13. The number of aryl methyl sites for hydroxylation is 2. The van der Waals surface area contributed by atoms with Gasteiger partial charge in [0.1, 0.15) is 17.1 Å². The van der Waals surface area contributed by atoms with Crippen LogP contribution in [0.25, 0.3) is 0 Å². The summed E-state index contributed by atoms with van der Waals surface area (Å²) in [6.07, 6.45) is 0. The standard InChI is InChI=1S/C18H20O3/c1-11(2)15-8-6-14(10-13(15)4)21-17-9-12(3)5-7-16(17)18(19)20/h5-11H,1-4H3,(H,19,20). The smallest absolute Gasteiger partial charge is 0.339 e. The Morgan fingerprint density at radius 2 is 1.81 bits per heavy atom. The third kappa shape index (κ3) is 3.43. The minimum Gasteiger partial charge on any atom is -0.478 e. The molecule has 2 aromatic rings. The Kier molecular flexibility index (Phi) is 4.32. The van der Waals surface area contributed by atoms with Gasteiger partial charge in [0.15, 0.2) is 0 Å². The van der Waals surface area contributed by atoms with Gasteiger partial charge in [-0.1, -0.05) is 26.0 Å². The van der Waals surface area contributed by atoms with Crippen LogP contribution in [0, 0.1) is 13.8 Å². The van der Waals surface area contributed by atoms with Crippen molar-refractivity contribution < 1.29 is 14.6 Å². The molecule has 21 heavy (non-hydrogen) atoms. The summed E-state index contributed by atoms with van der Waals surface area (Å²) in [7, 11) is 0. The first-order valence-electron chi connectivity index (χ1n) is 7.01. The maximum Gasteiger partial charge on any atom is 0.339 e. The van der Waals surface area contributed by atoms with Gasteiger partial charge < -0.3 is 9.84 Å². The molecule has 0 bridgehead atoms. The molecule has 0 saturated carbocycles. The molecule has 0 amide bonds. The van der Waals surface area contributed by atoms with Gasteiger partial charge in [-0.05, 0) is 60.7 Å². The Labute approximate surface area is 125 Å². The molecule has 0 saturated heterocycles. The minimum atomic E-state index is -0.986. The van der Waals surface area contributed by atoms with E-state index in [1.807, 2.05) is 32.0 Å². The fourth-order valence-corrected chi connectivity index (χ4v) is 2.38. The van der Waals surface area contributed by atoms with Gasteiger partial charge in [0.25, 0.3) is 0 Å². The van der Waals surface area contributed by atoms with E-state index in [0.29, 0.717) is 17.4 Å². The van der Waals surface area contributed by atoms with Gasteiger partial charge >= 0.3 is 5.97 Å². The fraction of sp³-hybridized carbons (Fsp3) is 0.278. The molecule has 0 aliphatic rings. The number of hydrogen-bond acceptors (Lipinski definition) is 2. The average Bonchev–Trinajstić information content (AvgIpc) is 2.37. The Morgan fingerprint density at radius 1 is 1.10 bits per heavy atom. The number of carboxylic acids is 1. The summed E-state index contributed by atoms with van der Waals surface area (Å²) < 4.78 is 5.79. The maximum absolute atomic E-state index is 11.3. The largest absolute Gasteiger partial charge is 0.478 e. The molecule has 0 spiro atoms. The highest BCUT2D eigenvalue weighted by Crippen LogP contribution is 2.29. The van der Waals surface area contributed by atoms with Gasteiger partial charge in [-0.3, -0.25) is 0 Å². The monoisotopic (exact) mass is 284 g/mol. The summed E-state index contributed by atoms with van der Waals surface area (Å²) >= 11 is 0. The van der Waals surface area contributed by atoms with Crippen molar-refractivity contribution in [2.24, 2.45) is 0 Å². The number of rotatable bonds is 4. The second-order valence-electron chi connectivity index (χ2n) is 5.58. The van der Waals surface area contributed by atoms with Gasteiger partial charge in [0.05, 0.1) is 0 Å². The number of carboxylic acid groups (broad SMARTS) is 1. The molecule has 3 heteroatoms. The molecule has 3 nitrogen and oxygen atoms in total. The van der Waals surface area contributed by atoms with Crippen molar-refractivity contribution in [2.45, 2.75) is 33.6 Å². The molecule has 2 aromatic carbocycles. The van der Waals surface area contributed by atoms with E-state index in [-0.39, 0.29) is 5.56 Å². The van der Waals surface area contributed by atoms with Gasteiger partial charge in [0.2, 0.25) is 0 Å². The SMILES string of the molecule is Cc1ccc(C(=O)O)c(Oc2ccc(C(C)C)c(C)c2)c1. The van der Waals surface area contributed by atoms with Crippen molar-refractivity contribution in [2.75, 3.05) is 0 Å². The van der Waals surface area contributed by atoms with E-state index in [1.165, 1.54) is 5.56 Å². The van der Waals surface area contributed by atoms with Crippen molar-refractivity contribution in [1.82, 2.24) is 0 Å². The Hall–Kier alpha value is -2.29. The first-order chi connectivity index (χ1) is 9.88. The Balaban J connectivity index is 2.36. The normalized spacial score (nSPS) is 10.7. The van der Waals surface area contributed by atoms with Crippen LogP contribution < -0.4 is 4.74 Å². The topological polar surface area (TPSA) is 46.5 Å². The fourth-order valence-electron chi connectivity index (χ4n) is 2.38. The zero-order valence-electron chi connectivity index (χ0n) is 12.8. The van der Waals surface area contributed by atoms with Gasteiger partial charge in [0, 0.05) is 0 Å². The molecule has 0 aliphatic heterocycles. The molecule has 0 atom stereocenters. The molecule has 1 N–H and O–H groups in total. The quantitative estimate of drug-likeness (QED) is 0.867. The van der Waals surface area contributed by atoms with Crippen LogP contribution in [0.1, 0.15) is 46.8 Å². The third-order valence-corrected chi connectivity index (χ3v) is 3.46. The second kappa shape index (κ2) is 6.00. The van der Waals surface area contributed by atoms with Crippen LogP contribution in [0.3, 0.4) is 0 Å². The second-order valence-corrected chi connectivity index (χ2v) is 5.58. The molecular formula is C18H20O3. The molecule has 0 aromatic heterocycles. The first-order valence-corrected chi connectivity index (χ1v) is 7.01. The zero-order valence-corrected chi connectivity index (χ0v) is 12.8. The van der Waals surface area contributed by atoms with Gasteiger partial charge in [-0.15, -0.1) is 0 Å². The zero-order chi connectivity index (χ0) is 15.6. The number of aromatic carboxylic acids is 1. The van der Waals surface area contributed by atoms with E-state index >= 15 is 0 Å². The van der Waals surface area contributed by atoms with Crippen LogP contribution in [0.2, 0.25) is 0 Å². The Bertz CT molecular complexity index is 672. The minimum absolute atomic E-state index is 0.172. The molecule has 2 rings (SSSR count). The van der Waals surface area contributed by atoms with Crippen LogP contribution in [0.5, 0.6) is 11.5 Å². The van der Waals surface area contributed by atoms with Crippen molar-refractivity contribution in [3.05, 3.63) is 58.7 Å². The van der Waals surface area contributed by atoms with Gasteiger partial charge in [-0.25, -0.2) is 4.79 Å². The summed E-state index contributed by atoms with van der Waals surface area (Å²) in [5.74, 6) is 0.498. The molecule has 110 valence electrons. The lowest BCUT2D eigenvalue weighted by atomic mass is 9.98. The lowest BCUT2D eigenvalue weighted by molar-refractivity contribution is 0.0694. The van der Waals surface area contributed by atoms with Crippen LogP contribution in [0.4, 0.5) is 0 Å². The van der Waals surface area contributed by atoms with Crippen LogP contribution >= 0.6 is 0 Å². The van der Waals surface area contributed by atoms with E-state index in [2.05, 4.69) is 13.8 Å². The summed E-state index contributed by atoms with van der Waals surface area (Å²) in [4.78, 5) is 11.3. The molecule has 0 unspecified atom stereocenters. The number of hydrogen-bond donors (Lipinski definition) is 1. The lowest BCUT2D eigenvalue weighted by Crippen LogP contribution is -2.01. The van der Waals surface area contributed by atoms with E-state index in [9.17, 15) is 9.90 Å². The maximum atomic E-state index is 11.3. The predicted molar refractivity (Wildman–Crippen MR) is 83.5 cm³/mol. The van der Waals surface area contributed by atoms with Crippen LogP contribution in [0.15, 0.2) is 36.4 Å². The van der Waals surface area contributed by atoms with Crippen LogP contribution in [-0.4, -0.2) is 11.1 Å². The van der Waals surface area contributed by atoms with Crippen LogP contribution in [-0.2, 0) is 0 Å². The van der Waals surface area contributed by atoms with Crippen molar-refractivity contribution in [3.8, 4) is 11.5 Å². The molecule has 0 fully saturated rings. The van der Waals surface area contributed by atoms with Crippen molar-refractivity contribution in [1.29, 1.82) is 0 Å². The van der Waals surface area contributed by atoms with E-state index in [0.717, 1.165) is 11.1 Å².